The molecular formula is C11H16F3NO2. The summed E-state index contributed by atoms with van der Waals surface area (Å²) in [5, 5.41) is 9.01. The molecule has 1 saturated carbocycles. The highest BCUT2D eigenvalue weighted by atomic mass is 19.4. The van der Waals surface area contributed by atoms with Gasteiger partial charge in [-0.05, 0) is 31.6 Å². The Labute approximate surface area is 97.6 Å². The van der Waals surface area contributed by atoms with Gasteiger partial charge in [-0.3, -0.25) is 4.79 Å². The molecule has 0 aromatic carbocycles. The van der Waals surface area contributed by atoms with Crippen LogP contribution < -0.4 is 0 Å². The van der Waals surface area contributed by atoms with E-state index in [0.717, 1.165) is 6.42 Å². The lowest BCUT2D eigenvalue weighted by Crippen LogP contribution is -2.48. The first-order chi connectivity index (χ1) is 7.90. The highest BCUT2D eigenvalue weighted by Crippen LogP contribution is 2.58. The van der Waals surface area contributed by atoms with Crippen LogP contribution >= 0.6 is 0 Å². The summed E-state index contributed by atoms with van der Waals surface area (Å²) in [7, 11) is 0. The van der Waals surface area contributed by atoms with E-state index in [9.17, 15) is 18.0 Å². The van der Waals surface area contributed by atoms with Gasteiger partial charge in [-0.1, -0.05) is 0 Å². The predicted octanol–water partition coefficient (Wildman–Crippen LogP) is 1.56. The quantitative estimate of drug-likeness (QED) is 0.809. The average Bonchev–Trinajstić information content (AvgIpc) is 3.08. The van der Waals surface area contributed by atoms with Crippen molar-refractivity contribution in [1.82, 2.24) is 4.90 Å². The Hall–Kier alpha value is -0.780. The molecule has 3 nitrogen and oxygen atoms in total. The first-order valence-electron chi connectivity index (χ1n) is 5.88. The summed E-state index contributed by atoms with van der Waals surface area (Å²) in [5.41, 5.74) is -2.11. The Bertz CT molecular complexity index is 312. The zero-order valence-corrected chi connectivity index (χ0v) is 9.46. The lowest BCUT2D eigenvalue weighted by atomic mass is 9.96. The molecule has 0 aromatic rings. The van der Waals surface area contributed by atoms with Crippen LogP contribution in [0.4, 0.5) is 13.2 Å². The number of aliphatic hydroxyl groups is 1. The number of alkyl halides is 3. The molecule has 2 aliphatic rings. The van der Waals surface area contributed by atoms with Crippen LogP contribution in [-0.4, -0.2) is 41.8 Å². The van der Waals surface area contributed by atoms with Gasteiger partial charge >= 0.3 is 6.18 Å². The van der Waals surface area contributed by atoms with Crippen molar-refractivity contribution in [3.05, 3.63) is 0 Å². The van der Waals surface area contributed by atoms with Crippen molar-refractivity contribution in [2.75, 3.05) is 19.7 Å². The molecule has 1 atom stereocenters. The van der Waals surface area contributed by atoms with Crippen molar-refractivity contribution >= 4 is 5.91 Å². The summed E-state index contributed by atoms with van der Waals surface area (Å²) in [6, 6.07) is 0. The minimum Gasteiger partial charge on any atom is -0.396 e. The maximum Gasteiger partial charge on any atom is 0.403 e. The summed E-state index contributed by atoms with van der Waals surface area (Å²) in [6.45, 7) is 0.573. The van der Waals surface area contributed by atoms with Gasteiger partial charge in [-0.2, -0.15) is 13.2 Å². The molecule has 1 unspecified atom stereocenters. The summed E-state index contributed by atoms with van der Waals surface area (Å²) in [4.78, 5) is 13.2. The van der Waals surface area contributed by atoms with Gasteiger partial charge in [-0.15, -0.1) is 0 Å². The third-order valence-electron chi connectivity index (χ3n) is 3.77. The molecule has 1 aliphatic carbocycles. The fourth-order valence-corrected chi connectivity index (χ4v) is 2.44. The monoisotopic (exact) mass is 251 g/mol. The van der Waals surface area contributed by atoms with Gasteiger partial charge in [0.25, 0.3) is 0 Å². The van der Waals surface area contributed by atoms with Gasteiger partial charge in [-0.25, -0.2) is 0 Å². The summed E-state index contributed by atoms with van der Waals surface area (Å²) < 4.78 is 38.4. The third-order valence-corrected chi connectivity index (χ3v) is 3.77. The van der Waals surface area contributed by atoms with Crippen molar-refractivity contribution in [3.8, 4) is 0 Å². The smallest absolute Gasteiger partial charge is 0.396 e. The van der Waals surface area contributed by atoms with Gasteiger partial charge in [0.1, 0.15) is 5.41 Å². The maximum atomic E-state index is 12.8. The lowest BCUT2D eigenvalue weighted by molar-refractivity contribution is -0.199. The number of nitrogens with zero attached hydrogens (tertiary/aromatic N) is 1. The highest BCUT2D eigenvalue weighted by Gasteiger charge is 2.69. The van der Waals surface area contributed by atoms with E-state index < -0.39 is 17.5 Å². The standard InChI is InChI=1S/C11H16F3NO2/c12-11(13,14)10(3-4-10)9(17)15-5-1-2-8(6-15)7-16/h8,16H,1-7H2. The number of aliphatic hydroxyl groups excluding tert-OH is 1. The van der Waals surface area contributed by atoms with Crippen molar-refractivity contribution in [2.24, 2.45) is 11.3 Å². The molecule has 2 rings (SSSR count). The van der Waals surface area contributed by atoms with Crippen molar-refractivity contribution in [3.63, 3.8) is 0 Å². The van der Waals surface area contributed by atoms with E-state index >= 15 is 0 Å². The minimum atomic E-state index is -4.43. The third kappa shape index (κ3) is 2.14. The Kier molecular flexibility index (Phi) is 3.10. The average molecular weight is 251 g/mol. The number of piperidine rings is 1. The minimum absolute atomic E-state index is 0.0667. The second-order valence-electron chi connectivity index (χ2n) is 5.02. The molecule has 1 aliphatic heterocycles. The highest BCUT2D eigenvalue weighted by molar-refractivity contribution is 5.86. The molecule has 0 aromatic heterocycles. The first-order valence-corrected chi connectivity index (χ1v) is 5.88. The zero-order chi connectivity index (χ0) is 12.7. The van der Waals surface area contributed by atoms with Crippen LogP contribution in [-0.2, 0) is 4.79 Å². The number of likely N-dealkylation sites (tertiary alicyclic amines) is 1. The second kappa shape index (κ2) is 4.15. The summed E-state index contributed by atoms with van der Waals surface area (Å²) in [6.07, 6.45) is -3.16. The fourth-order valence-electron chi connectivity index (χ4n) is 2.44. The number of amides is 1. The molecule has 0 radical (unpaired) electrons. The fraction of sp³-hybridized carbons (Fsp3) is 0.909. The van der Waals surface area contributed by atoms with Gasteiger partial charge in [0.05, 0.1) is 0 Å². The number of halogens is 3. The number of carbonyl (C=O) groups excluding carboxylic acids is 1. The molecule has 98 valence electrons. The SMILES string of the molecule is O=C(N1CCCC(CO)C1)C1(C(F)(F)F)CC1. The van der Waals surface area contributed by atoms with E-state index in [4.69, 9.17) is 5.11 Å². The Morgan fingerprint density at radius 3 is 2.53 bits per heavy atom. The van der Waals surface area contributed by atoms with Crippen LogP contribution in [0.25, 0.3) is 0 Å². The van der Waals surface area contributed by atoms with Gasteiger partial charge < -0.3 is 10.0 Å². The summed E-state index contributed by atoms with van der Waals surface area (Å²) in [5.74, 6) is -0.861. The van der Waals surface area contributed by atoms with Crippen LogP contribution in [0, 0.1) is 11.3 Å². The molecule has 17 heavy (non-hydrogen) atoms. The number of carbonyl (C=O) groups is 1. The van der Waals surface area contributed by atoms with E-state index in [0.29, 0.717) is 13.0 Å². The Balaban J connectivity index is 2.05. The van der Waals surface area contributed by atoms with Crippen molar-refractivity contribution in [1.29, 1.82) is 0 Å². The van der Waals surface area contributed by atoms with E-state index in [2.05, 4.69) is 0 Å². The van der Waals surface area contributed by atoms with E-state index in [1.165, 1.54) is 4.90 Å². The topological polar surface area (TPSA) is 40.5 Å². The molecular weight excluding hydrogens is 235 g/mol. The van der Waals surface area contributed by atoms with Gasteiger partial charge in [0.15, 0.2) is 0 Å². The molecule has 1 amide bonds. The molecule has 6 heteroatoms. The Morgan fingerprint density at radius 1 is 1.41 bits per heavy atom. The number of rotatable bonds is 2. The van der Waals surface area contributed by atoms with Crippen molar-refractivity contribution in [2.45, 2.75) is 31.9 Å². The van der Waals surface area contributed by atoms with Crippen LogP contribution in [0.5, 0.6) is 0 Å². The van der Waals surface area contributed by atoms with Crippen LogP contribution in [0.1, 0.15) is 25.7 Å². The van der Waals surface area contributed by atoms with Gasteiger partial charge in [0, 0.05) is 19.7 Å². The molecule has 1 saturated heterocycles. The normalized spacial score (nSPS) is 28.0. The molecule has 1 N–H and O–H groups in total. The van der Waals surface area contributed by atoms with Gasteiger partial charge in [0.2, 0.25) is 5.91 Å². The Morgan fingerprint density at radius 2 is 2.06 bits per heavy atom. The second-order valence-corrected chi connectivity index (χ2v) is 5.02. The molecule has 0 bridgehead atoms. The van der Waals surface area contributed by atoms with Crippen LogP contribution in [0.3, 0.4) is 0 Å². The van der Waals surface area contributed by atoms with E-state index in [1.54, 1.807) is 0 Å². The van der Waals surface area contributed by atoms with Crippen molar-refractivity contribution < 1.29 is 23.1 Å². The number of hydrogen-bond donors (Lipinski definition) is 1. The largest absolute Gasteiger partial charge is 0.403 e. The molecule has 2 fully saturated rings. The zero-order valence-electron chi connectivity index (χ0n) is 9.46. The molecule has 0 spiro atoms. The summed E-state index contributed by atoms with van der Waals surface area (Å²) >= 11 is 0. The predicted molar refractivity (Wildman–Crippen MR) is 54.1 cm³/mol. The molecule has 1 heterocycles. The number of hydrogen-bond acceptors (Lipinski definition) is 2. The van der Waals surface area contributed by atoms with E-state index in [-0.39, 0.29) is 31.9 Å². The first kappa shape index (κ1) is 12.7. The van der Waals surface area contributed by atoms with Crippen LogP contribution in [0.15, 0.2) is 0 Å². The van der Waals surface area contributed by atoms with E-state index in [1.807, 2.05) is 0 Å². The maximum absolute atomic E-state index is 12.8. The lowest BCUT2D eigenvalue weighted by Gasteiger charge is -2.35. The van der Waals surface area contributed by atoms with Crippen LogP contribution in [0.2, 0.25) is 0 Å².